The van der Waals surface area contributed by atoms with Crippen LogP contribution in [0.15, 0.2) is 48.7 Å². The van der Waals surface area contributed by atoms with Gasteiger partial charge in [0.05, 0.1) is 5.69 Å². The number of para-hydroxylation sites is 1. The molecule has 2 heterocycles. The SMILES string of the molecule is C[C@@H](CNC(=O)Nc1ccc2nnc(C3CCC3)n2c1)N(C)c1ccccc1. The van der Waals surface area contributed by atoms with Crippen molar-refractivity contribution in [3.05, 3.63) is 54.5 Å². The van der Waals surface area contributed by atoms with Gasteiger partial charge in [-0.3, -0.25) is 4.40 Å². The molecule has 1 atom stereocenters. The Morgan fingerprint density at radius 3 is 2.71 bits per heavy atom. The van der Waals surface area contributed by atoms with E-state index in [4.69, 9.17) is 0 Å². The molecule has 0 radical (unpaired) electrons. The number of carbonyl (C=O) groups is 1. The number of pyridine rings is 1. The van der Waals surface area contributed by atoms with E-state index < -0.39 is 0 Å². The maximum absolute atomic E-state index is 12.4. The summed E-state index contributed by atoms with van der Waals surface area (Å²) in [5.41, 5.74) is 2.67. The van der Waals surface area contributed by atoms with Crippen LogP contribution >= 0.6 is 0 Å². The van der Waals surface area contributed by atoms with Crippen LogP contribution in [0.25, 0.3) is 5.65 Å². The van der Waals surface area contributed by atoms with Gasteiger partial charge in [0, 0.05) is 37.4 Å². The number of nitrogens with zero attached hydrogens (tertiary/aromatic N) is 4. The lowest BCUT2D eigenvalue weighted by Gasteiger charge is -2.27. The maximum atomic E-state index is 12.4. The third kappa shape index (κ3) is 3.78. The molecule has 1 saturated carbocycles. The highest BCUT2D eigenvalue weighted by molar-refractivity contribution is 5.89. The Hall–Kier alpha value is -3.09. The third-order valence-corrected chi connectivity index (χ3v) is 5.54. The molecule has 7 heteroatoms. The van der Waals surface area contributed by atoms with Crippen LogP contribution in [0.2, 0.25) is 0 Å². The first kappa shape index (κ1) is 18.3. The first-order valence-corrected chi connectivity index (χ1v) is 9.79. The highest BCUT2D eigenvalue weighted by Crippen LogP contribution is 2.35. The van der Waals surface area contributed by atoms with Gasteiger partial charge < -0.3 is 15.5 Å². The van der Waals surface area contributed by atoms with Gasteiger partial charge >= 0.3 is 6.03 Å². The predicted molar refractivity (Wildman–Crippen MR) is 111 cm³/mol. The molecule has 0 bridgehead atoms. The Balaban J connectivity index is 1.35. The summed E-state index contributed by atoms with van der Waals surface area (Å²) in [6.07, 6.45) is 5.47. The van der Waals surface area contributed by atoms with Crippen LogP contribution in [-0.2, 0) is 0 Å². The number of hydrogen-bond donors (Lipinski definition) is 2. The van der Waals surface area contributed by atoms with Crippen LogP contribution in [0.1, 0.15) is 37.9 Å². The molecule has 1 aliphatic carbocycles. The van der Waals surface area contributed by atoms with Gasteiger partial charge in [-0.2, -0.15) is 0 Å². The van der Waals surface area contributed by atoms with E-state index >= 15 is 0 Å². The normalized spacial score (nSPS) is 15.1. The number of amides is 2. The van der Waals surface area contributed by atoms with Gasteiger partial charge in [0.2, 0.25) is 0 Å². The van der Waals surface area contributed by atoms with Crippen molar-refractivity contribution in [2.75, 3.05) is 23.8 Å². The Kier molecular flexibility index (Phi) is 5.14. The van der Waals surface area contributed by atoms with Crippen molar-refractivity contribution in [2.45, 2.75) is 38.1 Å². The van der Waals surface area contributed by atoms with E-state index in [1.807, 2.05) is 48.0 Å². The van der Waals surface area contributed by atoms with Crippen LogP contribution in [-0.4, -0.2) is 40.3 Å². The number of rotatable bonds is 6. The molecular weight excluding hydrogens is 352 g/mol. The molecule has 0 saturated heterocycles. The molecule has 3 aromatic rings. The van der Waals surface area contributed by atoms with Gasteiger partial charge in [0.25, 0.3) is 0 Å². The van der Waals surface area contributed by atoms with E-state index in [1.54, 1.807) is 0 Å². The van der Waals surface area contributed by atoms with E-state index in [9.17, 15) is 4.79 Å². The zero-order valence-electron chi connectivity index (χ0n) is 16.3. The largest absolute Gasteiger partial charge is 0.370 e. The first-order valence-electron chi connectivity index (χ1n) is 9.79. The lowest BCUT2D eigenvalue weighted by atomic mass is 9.85. The summed E-state index contributed by atoms with van der Waals surface area (Å²) in [7, 11) is 2.03. The molecule has 7 nitrogen and oxygen atoms in total. The number of anilines is 2. The Morgan fingerprint density at radius 2 is 2.00 bits per heavy atom. The summed E-state index contributed by atoms with van der Waals surface area (Å²) >= 11 is 0. The summed E-state index contributed by atoms with van der Waals surface area (Å²) in [5, 5.41) is 14.4. The molecule has 1 fully saturated rings. The third-order valence-electron chi connectivity index (χ3n) is 5.54. The number of likely N-dealkylation sites (N-methyl/N-ethyl adjacent to an activating group) is 1. The van der Waals surface area contributed by atoms with E-state index in [-0.39, 0.29) is 12.1 Å². The second-order valence-electron chi connectivity index (χ2n) is 7.46. The molecule has 2 amide bonds. The molecule has 28 heavy (non-hydrogen) atoms. The number of fused-ring (bicyclic) bond motifs is 1. The van der Waals surface area contributed by atoms with Gasteiger partial charge in [0.15, 0.2) is 5.65 Å². The number of nitrogens with one attached hydrogen (secondary N) is 2. The molecule has 0 unspecified atom stereocenters. The lowest BCUT2D eigenvalue weighted by molar-refractivity contribution is 0.251. The van der Waals surface area contributed by atoms with E-state index in [1.165, 1.54) is 6.42 Å². The van der Waals surface area contributed by atoms with Gasteiger partial charge in [0.1, 0.15) is 5.82 Å². The Morgan fingerprint density at radius 1 is 1.21 bits per heavy atom. The minimum absolute atomic E-state index is 0.165. The zero-order chi connectivity index (χ0) is 19.5. The number of benzene rings is 1. The van der Waals surface area contributed by atoms with Crippen LogP contribution < -0.4 is 15.5 Å². The average Bonchev–Trinajstić information content (AvgIpc) is 3.08. The van der Waals surface area contributed by atoms with E-state index in [0.29, 0.717) is 12.5 Å². The van der Waals surface area contributed by atoms with E-state index in [2.05, 4.69) is 44.8 Å². The standard InChI is InChI=1S/C21H26N6O/c1-15(26(2)18-9-4-3-5-10-18)13-22-21(28)23-17-11-12-19-24-25-20(27(19)14-17)16-7-6-8-16/h3-5,9-12,14-16H,6-8,13H2,1-2H3,(H2,22,23,28)/t15-/m0/s1. The van der Waals surface area contributed by atoms with Crippen molar-refractivity contribution in [3.63, 3.8) is 0 Å². The summed E-state index contributed by atoms with van der Waals surface area (Å²) < 4.78 is 1.99. The fourth-order valence-electron chi connectivity index (χ4n) is 3.40. The van der Waals surface area contributed by atoms with Crippen molar-refractivity contribution in [2.24, 2.45) is 0 Å². The monoisotopic (exact) mass is 378 g/mol. The second kappa shape index (κ2) is 7.88. The molecule has 2 aromatic heterocycles. The topological polar surface area (TPSA) is 74.6 Å². The Labute approximate surface area is 164 Å². The summed E-state index contributed by atoms with van der Waals surface area (Å²) in [6, 6.07) is 13.8. The number of urea groups is 1. The van der Waals surface area contributed by atoms with Crippen molar-refractivity contribution in [1.82, 2.24) is 19.9 Å². The van der Waals surface area contributed by atoms with Gasteiger partial charge in [-0.1, -0.05) is 24.6 Å². The molecule has 0 aliphatic heterocycles. The summed E-state index contributed by atoms with van der Waals surface area (Å²) in [4.78, 5) is 14.5. The molecule has 1 aromatic carbocycles. The molecule has 1 aliphatic rings. The highest BCUT2D eigenvalue weighted by Gasteiger charge is 2.24. The van der Waals surface area contributed by atoms with Crippen LogP contribution in [0.3, 0.4) is 0 Å². The number of carbonyl (C=O) groups excluding carboxylic acids is 1. The smallest absolute Gasteiger partial charge is 0.319 e. The molecule has 2 N–H and O–H groups in total. The average molecular weight is 378 g/mol. The molecule has 4 rings (SSSR count). The summed E-state index contributed by atoms with van der Waals surface area (Å²) in [6.45, 7) is 2.63. The second-order valence-corrected chi connectivity index (χ2v) is 7.46. The summed E-state index contributed by atoms with van der Waals surface area (Å²) in [5.74, 6) is 1.47. The quantitative estimate of drug-likeness (QED) is 0.687. The fraction of sp³-hybridized carbons (Fsp3) is 0.381. The predicted octanol–water partition coefficient (Wildman–Crippen LogP) is 3.64. The van der Waals surface area contributed by atoms with Crippen molar-refractivity contribution >= 4 is 23.1 Å². The van der Waals surface area contributed by atoms with Gasteiger partial charge in [-0.05, 0) is 44.0 Å². The first-order chi connectivity index (χ1) is 13.6. The molecule has 146 valence electrons. The maximum Gasteiger partial charge on any atom is 0.319 e. The van der Waals surface area contributed by atoms with Crippen molar-refractivity contribution in [3.8, 4) is 0 Å². The number of aromatic nitrogens is 3. The van der Waals surface area contributed by atoms with Gasteiger partial charge in [-0.15, -0.1) is 10.2 Å². The minimum Gasteiger partial charge on any atom is -0.370 e. The lowest BCUT2D eigenvalue weighted by Crippen LogP contribution is -2.41. The van der Waals surface area contributed by atoms with Crippen molar-refractivity contribution < 1.29 is 4.79 Å². The van der Waals surface area contributed by atoms with Gasteiger partial charge in [-0.25, -0.2) is 4.79 Å². The zero-order valence-corrected chi connectivity index (χ0v) is 16.3. The van der Waals surface area contributed by atoms with Crippen LogP contribution in [0, 0.1) is 0 Å². The molecular formula is C21H26N6O. The van der Waals surface area contributed by atoms with Crippen LogP contribution in [0.4, 0.5) is 16.2 Å². The van der Waals surface area contributed by atoms with Crippen LogP contribution in [0.5, 0.6) is 0 Å². The number of hydrogen-bond acceptors (Lipinski definition) is 4. The fourth-order valence-corrected chi connectivity index (χ4v) is 3.40. The Bertz CT molecular complexity index is 950. The molecule has 0 spiro atoms. The highest BCUT2D eigenvalue weighted by atomic mass is 16.2. The van der Waals surface area contributed by atoms with Crippen molar-refractivity contribution in [1.29, 1.82) is 0 Å². The minimum atomic E-state index is -0.217. The van der Waals surface area contributed by atoms with E-state index in [0.717, 1.165) is 35.7 Å².